The highest BCUT2D eigenvalue weighted by Gasteiger charge is 2.47. The van der Waals surface area contributed by atoms with Crippen LogP contribution in [0.25, 0.3) is 0 Å². The van der Waals surface area contributed by atoms with Crippen LogP contribution in [0.2, 0.25) is 0 Å². The van der Waals surface area contributed by atoms with E-state index in [0.29, 0.717) is 6.42 Å². The highest BCUT2D eigenvalue weighted by atomic mass is 35.5. The number of hydrogen-bond donors (Lipinski definition) is 3. The minimum atomic E-state index is -0.717. The van der Waals surface area contributed by atoms with E-state index in [2.05, 4.69) is 24.5 Å². The maximum atomic E-state index is 12.2. The van der Waals surface area contributed by atoms with Gasteiger partial charge in [-0.05, 0) is 44.5 Å². The van der Waals surface area contributed by atoms with Gasteiger partial charge < -0.3 is 5.11 Å². The van der Waals surface area contributed by atoms with Gasteiger partial charge in [0.1, 0.15) is 5.66 Å². The Morgan fingerprint density at radius 3 is 2.14 bits per heavy atom. The molecule has 0 radical (unpaired) electrons. The Morgan fingerprint density at radius 2 is 1.71 bits per heavy atom. The largest absolute Gasteiger partial charge is 0.389 e. The molecule has 4 nitrogen and oxygen atoms in total. The fraction of sp³-hybridized carbons (Fsp3) is 0.812. The predicted molar refractivity (Wildman–Crippen MR) is 89.7 cm³/mol. The highest BCUT2D eigenvalue weighted by molar-refractivity contribution is 5.95. The number of aliphatic hydroxyl groups excluding tert-OH is 1. The van der Waals surface area contributed by atoms with Gasteiger partial charge in [-0.15, -0.1) is 12.4 Å². The van der Waals surface area contributed by atoms with E-state index >= 15 is 0 Å². The van der Waals surface area contributed by atoms with Gasteiger partial charge in [-0.3, -0.25) is 15.4 Å². The Kier molecular flexibility index (Phi) is 8.11. The van der Waals surface area contributed by atoms with E-state index in [0.717, 1.165) is 31.5 Å². The molecule has 124 valence electrons. The molecule has 0 saturated heterocycles. The van der Waals surface area contributed by atoms with E-state index in [9.17, 15) is 9.90 Å². The van der Waals surface area contributed by atoms with E-state index in [1.807, 2.05) is 26.8 Å². The Morgan fingerprint density at radius 1 is 1.24 bits per heavy atom. The fourth-order valence-electron chi connectivity index (χ4n) is 2.79. The third kappa shape index (κ3) is 4.78. The summed E-state index contributed by atoms with van der Waals surface area (Å²) in [4.78, 5) is 12.2. The van der Waals surface area contributed by atoms with Gasteiger partial charge in [0.05, 0.1) is 6.10 Å². The third-order valence-corrected chi connectivity index (χ3v) is 4.01. The van der Waals surface area contributed by atoms with Crippen molar-refractivity contribution in [3.63, 3.8) is 0 Å². The van der Waals surface area contributed by atoms with Crippen LogP contribution in [0.5, 0.6) is 0 Å². The molecule has 1 rings (SSSR count). The van der Waals surface area contributed by atoms with Crippen molar-refractivity contribution in [2.45, 2.75) is 65.6 Å². The van der Waals surface area contributed by atoms with E-state index in [1.54, 1.807) is 0 Å². The minimum absolute atomic E-state index is 0. The smallest absolute Gasteiger partial charge is 0.159 e. The zero-order chi connectivity index (χ0) is 15.4. The molecule has 0 heterocycles. The molecule has 21 heavy (non-hydrogen) atoms. The van der Waals surface area contributed by atoms with Gasteiger partial charge in [-0.2, -0.15) is 0 Å². The lowest BCUT2D eigenvalue weighted by atomic mass is 9.77. The topological polar surface area (TPSA) is 61.4 Å². The monoisotopic (exact) mass is 318 g/mol. The van der Waals surface area contributed by atoms with Gasteiger partial charge in [0.25, 0.3) is 0 Å². The van der Waals surface area contributed by atoms with Gasteiger partial charge in [-0.1, -0.05) is 27.7 Å². The van der Waals surface area contributed by atoms with Gasteiger partial charge >= 0.3 is 0 Å². The SMILES string of the molecule is CCCNC1(NCCC)C=C(C)C(=O)CC(C)(C)C1O.Cl. The van der Waals surface area contributed by atoms with E-state index in [4.69, 9.17) is 0 Å². The van der Waals surface area contributed by atoms with Crippen molar-refractivity contribution in [1.29, 1.82) is 0 Å². The Bertz CT molecular complexity index is 372. The number of Topliss-reactive ketones (excluding diaryl/α,β-unsaturated/α-hetero) is 1. The molecule has 0 aromatic carbocycles. The van der Waals surface area contributed by atoms with Crippen LogP contribution >= 0.6 is 12.4 Å². The molecule has 0 aliphatic heterocycles. The molecule has 3 N–H and O–H groups in total. The summed E-state index contributed by atoms with van der Waals surface area (Å²) in [6.45, 7) is 11.5. The van der Waals surface area contributed by atoms with Crippen LogP contribution in [0.4, 0.5) is 0 Å². The molecular weight excluding hydrogens is 288 g/mol. The number of aliphatic hydroxyl groups is 1. The second-order valence-corrected chi connectivity index (χ2v) is 6.54. The molecule has 1 atom stereocenters. The van der Waals surface area contributed by atoms with Gasteiger partial charge in [-0.25, -0.2) is 0 Å². The molecule has 1 unspecified atom stereocenters. The van der Waals surface area contributed by atoms with Crippen LogP contribution in [-0.2, 0) is 4.79 Å². The molecule has 0 amide bonds. The van der Waals surface area contributed by atoms with Crippen molar-refractivity contribution >= 4 is 18.2 Å². The van der Waals surface area contributed by atoms with Gasteiger partial charge in [0, 0.05) is 11.8 Å². The van der Waals surface area contributed by atoms with Crippen LogP contribution in [0, 0.1) is 5.41 Å². The summed E-state index contributed by atoms with van der Waals surface area (Å²) in [5.74, 6) is 0.118. The Balaban J connectivity index is 0.00000400. The first-order chi connectivity index (χ1) is 9.29. The normalized spacial score (nSPS) is 24.0. The summed E-state index contributed by atoms with van der Waals surface area (Å²) in [7, 11) is 0. The molecule has 1 aliphatic rings. The number of carbonyl (C=O) groups is 1. The first-order valence-electron chi connectivity index (χ1n) is 7.70. The molecule has 0 fully saturated rings. The molecular formula is C16H31ClN2O2. The van der Waals surface area contributed by atoms with Crippen LogP contribution in [0.1, 0.15) is 53.9 Å². The Hall–Kier alpha value is -0.420. The zero-order valence-corrected chi connectivity index (χ0v) is 14.8. The summed E-state index contributed by atoms with van der Waals surface area (Å²) in [5, 5.41) is 17.7. The maximum absolute atomic E-state index is 12.2. The summed E-state index contributed by atoms with van der Waals surface area (Å²) >= 11 is 0. The highest BCUT2D eigenvalue weighted by Crippen LogP contribution is 2.36. The predicted octanol–water partition coefficient (Wildman–Crippen LogP) is 2.41. The van der Waals surface area contributed by atoms with Crippen molar-refractivity contribution in [2.24, 2.45) is 5.41 Å². The lowest BCUT2D eigenvalue weighted by molar-refractivity contribution is -0.119. The van der Waals surface area contributed by atoms with Crippen molar-refractivity contribution < 1.29 is 9.90 Å². The first kappa shape index (κ1) is 20.6. The second-order valence-electron chi connectivity index (χ2n) is 6.54. The van der Waals surface area contributed by atoms with Gasteiger partial charge in [0.2, 0.25) is 0 Å². The molecule has 0 bridgehead atoms. The van der Waals surface area contributed by atoms with E-state index in [1.165, 1.54) is 0 Å². The number of rotatable bonds is 6. The fourth-order valence-corrected chi connectivity index (χ4v) is 2.79. The lowest BCUT2D eigenvalue weighted by Gasteiger charge is -2.43. The summed E-state index contributed by atoms with van der Waals surface area (Å²) in [5.41, 5.74) is -0.458. The average molecular weight is 319 g/mol. The number of allylic oxidation sites excluding steroid dienone is 1. The first-order valence-corrected chi connectivity index (χ1v) is 7.70. The quantitative estimate of drug-likeness (QED) is 0.658. The number of ketones is 1. The maximum Gasteiger partial charge on any atom is 0.159 e. The number of nitrogens with one attached hydrogen (secondary N) is 2. The summed E-state index contributed by atoms with van der Waals surface area (Å²) in [6.07, 6.45) is 3.56. The van der Waals surface area contributed by atoms with Crippen LogP contribution in [0.3, 0.4) is 0 Å². The lowest BCUT2D eigenvalue weighted by Crippen LogP contribution is -2.66. The summed E-state index contributed by atoms with van der Waals surface area (Å²) in [6, 6.07) is 0. The number of carbonyl (C=O) groups excluding carboxylic acids is 1. The molecule has 0 aromatic rings. The number of halogens is 1. The molecule has 0 spiro atoms. The van der Waals surface area contributed by atoms with Crippen molar-refractivity contribution in [1.82, 2.24) is 10.6 Å². The van der Waals surface area contributed by atoms with Crippen LogP contribution in [0.15, 0.2) is 11.6 Å². The van der Waals surface area contributed by atoms with Crippen molar-refractivity contribution in [2.75, 3.05) is 13.1 Å². The van der Waals surface area contributed by atoms with Crippen LogP contribution in [-0.4, -0.2) is 35.7 Å². The van der Waals surface area contributed by atoms with Crippen molar-refractivity contribution in [3.8, 4) is 0 Å². The minimum Gasteiger partial charge on any atom is -0.389 e. The zero-order valence-electron chi connectivity index (χ0n) is 14.0. The molecule has 0 aromatic heterocycles. The van der Waals surface area contributed by atoms with E-state index < -0.39 is 17.2 Å². The van der Waals surface area contributed by atoms with E-state index in [-0.39, 0.29) is 18.2 Å². The van der Waals surface area contributed by atoms with Gasteiger partial charge in [0.15, 0.2) is 5.78 Å². The summed E-state index contributed by atoms with van der Waals surface area (Å²) < 4.78 is 0. The molecule has 0 saturated carbocycles. The number of hydrogen-bond acceptors (Lipinski definition) is 4. The standard InChI is InChI=1S/C16H30N2O2.ClH/c1-6-8-17-16(18-9-7-2)10-12(3)13(19)11-15(4,5)14(16)20;/h10,14,17-18,20H,6-9,11H2,1-5H3;1H. The molecule has 5 heteroatoms. The van der Waals surface area contributed by atoms with Crippen molar-refractivity contribution in [3.05, 3.63) is 11.6 Å². The average Bonchev–Trinajstić information content (AvgIpc) is 2.45. The second kappa shape index (κ2) is 8.28. The third-order valence-electron chi connectivity index (χ3n) is 4.01. The van der Waals surface area contributed by atoms with Crippen LogP contribution < -0.4 is 10.6 Å². The molecule has 1 aliphatic carbocycles. The Labute approximate surface area is 135 Å².